The largest absolute Gasteiger partial charge is 0.302 e. The molecular formula is C13H14N2OS2. The number of nitrogens with one attached hydrogen (secondary N) is 1. The lowest BCUT2D eigenvalue weighted by Crippen LogP contribution is -2.18. The molecule has 5 heteroatoms. The van der Waals surface area contributed by atoms with Gasteiger partial charge in [-0.3, -0.25) is 4.79 Å². The highest BCUT2D eigenvalue weighted by Gasteiger charge is 2.42. The number of anilines is 1. The van der Waals surface area contributed by atoms with Crippen LogP contribution < -0.4 is 5.32 Å². The molecule has 0 aliphatic heterocycles. The molecule has 3 nitrogen and oxygen atoms in total. The van der Waals surface area contributed by atoms with E-state index in [1.807, 2.05) is 24.3 Å². The number of carbonyl (C=O) groups is 1. The molecule has 1 aromatic carbocycles. The Balaban J connectivity index is 1.70. The molecule has 18 heavy (non-hydrogen) atoms. The van der Waals surface area contributed by atoms with Gasteiger partial charge in [0.2, 0.25) is 5.91 Å². The van der Waals surface area contributed by atoms with E-state index >= 15 is 0 Å². The van der Waals surface area contributed by atoms with Crippen molar-refractivity contribution in [2.24, 2.45) is 5.41 Å². The van der Waals surface area contributed by atoms with Crippen LogP contribution in [0.2, 0.25) is 0 Å². The lowest BCUT2D eigenvalue weighted by atomic mass is 10.1. The molecule has 0 bridgehead atoms. The molecule has 0 spiro atoms. The summed E-state index contributed by atoms with van der Waals surface area (Å²) in [6.07, 6.45) is 2.79. The van der Waals surface area contributed by atoms with Gasteiger partial charge in [0, 0.05) is 6.42 Å². The number of thiazole rings is 1. The smallest absolute Gasteiger partial charge is 0.226 e. The van der Waals surface area contributed by atoms with E-state index in [0.29, 0.717) is 11.6 Å². The van der Waals surface area contributed by atoms with E-state index in [1.54, 1.807) is 0 Å². The summed E-state index contributed by atoms with van der Waals surface area (Å²) in [4.78, 5) is 16.3. The first-order valence-electron chi connectivity index (χ1n) is 5.97. The van der Waals surface area contributed by atoms with E-state index in [1.165, 1.54) is 11.3 Å². The van der Waals surface area contributed by atoms with Crippen molar-refractivity contribution in [1.82, 2.24) is 4.98 Å². The number of nitrogens with zero attached hydrogens (tertiary/aromatic N) is 1. The highest BCUT2D eigenvalue weighted by molar-refractivity contribution is 7.80. The van der Waals surface area contributed by atoms with Crippen molar-refractivity contribution in [2.45, 2.75) is 19.3 Å². The van der Waals surface area contributed by atoms with Crippen molar-refractivity contribution in [3.8, 4) is 0 Å². The lowest BCUT2D eigenvalue weighted by Gasteiger charge is -2.09. The summed E-state index contributed by atoms with van der Waals surface area (Å²) in [6.45, 7) is 0. The van der Waals surface area contributed by atoms with E-state index in [0.717, 1.165) is 28.8 Å². The monoisotopic (exact) mass is 278 g/mol. The minimum absolute atomic E-state index is 0.0561. The molecule has 94 valence electrons. The van der Waals surface area contributed by atoms with Crippen molar-refractivity contribution in [2.75, 3.05) is 11.1 Å². The second-order valence-electron chi connectivity index (χ2n) is 4.87. The normalized spacial score (nSPS) is 16.7. The third-order valence-electron chi connectivity index (χ3n) is 3.37. The molecule has 0 radical (unpaired) electrons. The summed E-state index contributed by atoms with van der Waals surface area (Å²) in [5, 5.41) is 3.59. The first-order valence-corrected chi connectivity index (χ1v) is 7.42. The van der Waals surface area contributed by atoms with Gasteiger partial charge in [-0.1, -0.05) is 23.5 Å². The van der Waals surface area contributed by atoms with Gasteiger partial charge in [0.1, 0.15) is 0 Å². The zero-order valence-corrected chi connectivity index (χ0v) is 11.6. The Bertz CT molecular complexity index is 556. The van der Waals surface area contributed by atoms with Crippen LogP contribution in [0.3, 0.4) is 0 Å². The number of rotatable bonds is 4. The molecule has 1 fully saturated rings. The number of fused-ring (bicyclic) bond motifs is 1. The van der Waals surface area contributed by atoms with Crippen molar-refractivity contribution in [1.29, 1.82) is 0 Å². The van der Waals surface area contributed by atoms with E-state index in [9.17, 15) is 4.79 Å². The van der Waals surface area contributed by atoms with Crippen LogP contribution in [-0.2, 0) is 4.79 Å². The number of para-hydroxylation sites is 1. The molecule has 0 unspecified atom stereocenters. The summed E-state index contributed by atoms with van der Waals surface area (Å²) in [5.41, 5.74) is 1.09. The molecule has 0 saturated heterocycles. The standard InChI is InChI=1S/C13H14N2OS2/c16-11(7-13(8-17)5-6-13)15-12-14-9-3-1-2-4-10(9)18-12/h1-4,17H,5-8H2,(H,14,15,16). The SMILES string of the molecule is O=C(CC1(CS)CC1)Nc1nc2ccccc2s1. The Morgan fingerprint density at radius 2 is 2.22 bits per heavy atom. The minimum Gasteiger partial charge on any atom is -0.302 e. The summed E-state index contributed by atoms with van der Waals surface area (Å²) < 4.78 is 1.10. The Labute approximate surface area is 115 Å². The molecule has 0 atom stereocenters. The molecule has 3 rings (SSSR count). The second-order valence-corrected chi connectivity index (χ2v) is 6.22. The van der Waals surface area contributed by atoms with Gasteiger partial charge in [0.05, 0.1) is 10.2 Å². The van der Waals surface area contributed by atoms with Gasteiger partial charge in [-0.15, -0.1) is 0 Å². The number of carbonyl (C=O) groups excluding carboxylic acids is 1. The zero-order valence-electron chi connectivity index (χ0n) is 9.85. The summed E-state index contributed by atoms with van der Waals surface area (Å²) in [6, 6.07) is 7.90. The van der Waals surface area contributed by atoms with Crippen molar-refractivity contribution >= 4 is 45.2 Å². The van der Waals surface area contributed by atoms with Crippen LogP contribution in [0.25, 0.3) is 10.2 Å². The molecule has 1 heterocycles. The molecular weight excluding hydrogens is 264 g/mol. The van der Waals surface area contributed by atoms with Crippen LogP contribution in [0.15, 0.2) is 24.3 Å². The minimum atomic E-state index is 0.0561. The Morgan fingerprint density at radius 1 is 1.44 bits per heavy atom. The van der Waals surface area contributed by atoms with Gasteiger partial charge < -0.3 is 5.32 Å². The van der Waals surface area contributed by atoms with Crippen LogP contribution in [0.1, 0.15) is 19.3 Å². The third kappa shape index (κ3) is 2.37. The number of aromatic nitrogens is 1. The number of thiol groups is 1. The Kier molecular flexibility index (Phi) is 3.03. The van der Waals surface area contributed by atoms with Crippen LogP contribution in [0.4, 0.5) is 5.13 Å². The predicted molar refractivity (Wildman–Crippen MR) is 78.4 cm³/mol. The van der Waals surface area contributed by atoms with Crippen LogP contribution >= 0.6 is 24.0 Å². The summed E-state index contributed by atoms with van der Waals surface area (Å²) >= 11 is 5.83. The average molecular weight is 278 g/mol. The average Bonchev–Trinajstić information content (AvgIpc) is 3.01. The fourth-order valence-corrected chi connectivity index (χ4v) is 3.31. The second kappa shape index (κ2) is 4.55. The molecule has 1 amide bonds. The highest BCUT2D eigenvalue weighted by atomic mass is 32.1. The molecule has 1 saturated carbocycles. The fraction of sp³-hybridized carbons (Fsp3) is 0.385. The van der Waals surface area contributed by atoms with Gasteiger partial charge in [0.25, 0.3) is 0 Å². The van der Waals surface area contributed by atoms with E-state index in [2.05, 4.69) is 22.9 Å². The molecule has 1 aromatic heterocycles. The summed E-state index contributed by atoms with van der Waals surface area (Å²) in [5.74, 6) is 0.848. The molecule has 1 aliphatic rings. The Morgan fingerprint density at radius 3 is 2.89 bits per heavy atom. The highest BCUT2D eigenvalue weighted by Crippen LogP contribution is 2.49. The number of hydrogen-bond acceptors (Lipinski definition) is 4. The van der Waals surface area contributed by atoms with E-state index in [4.69, 9.17) is 0 Å². The van der Waals surface area contributed by atoms with Gasteiger partial charge in [0.15, 0.2) is 5.13 Å². The number of amides is 1. The quantitative estimate of drug-likeness (QED) is 0.842. The van der Waals surface area contributed by atoms with Crippen LogP contribution in [0.5, 0.6) is 0 Å². The van der Waals surface area contributed by atoms with Gasteiger partial charge in [-0.05, 0) is 36.1 Å². The maximum Gasteiger partial charge on any atom is 0.226 e. The predicted octanol–water partition coefficient (Wildman–Crippen LogP) is 3.33. The Hall–Kier alpha value is -1.07. The number of benzene rings is 1. The number of hydrogen-bond donors (Lipinski definition) is 2. The van der Waals surface area contributed by atoms with E-state index < -0.39 is 0 Å². The van der Waals surface area contributed by atoms with Crippen LogP contribution in [0, 0.1) is 5.41 Å². The summed E-state index contributed by atoms with van der Waals surface area (Å²) in [7, 11) is 0. The first kappa shape index (κ1) is 12.0. The third-order valence-corrected chi connectivity index (χ3v) is 4.99. The maximum absolute atomic E-state index is 11.9. The van der Waals surface area contributed by atoms with Crippen molar-refractivity contribution in [3.05, 3.63) is 24.3 Å². The molecule has 1 aliphatic carbocycles. The van der Waals surface area contributed by atoms with Gasteiger partial charge >= 0.3 is 0 Å². The van der Waals surface area contributed by atoms with Crippen LogP contribution in [-0.4, -0.2) is 16.6 Å². The van der Waals surface area contributed by atoms with Crippen molar-refractivity contribution < 1.29 is 4.79 Å². The van der Waals surface area contributed by atoms with Gasteiger partial charge in [-0.25, -0.2) is 4.98 Å². The van der Waals surface area contributed by atoms with E-state index in [-0.39, 0.29) is 11.3 Å². The van der Waals surface area contributed by atoms with Crippen molar-refractivity contribution in [3.63, 3.8) is 0 Å². The lowest BCUT2D eigenvalue weighted by molar-refractivity contribution is -0.117. The maximum atomic E-state index is 11.9. The topological polar surface area (TPSA) is 42.0 Å². The molecule has 1 N–H and O–H groups in total. The zero-order chi connectivity index (χ0) is 12.6. The molecule has 2 aromatic rings. The first-order chi connectivity index (χ1) is 8.71. The fourth-order valence-electron chi connectivity index (χ4n) is 2.00. The van der Waals surface area contributed by atoms with Gasteiger partial charge in [-0.2, -0.15) is 12.6 Å².